The van der Waals surface area contributed by atoms with E-state index in [4.69, 9.17) is 0 Å². The molecule has 0 aliphatic carbocycles. The third-order valence-electron chi connectivity index (χ3n) is 4.65. The molecule has 2 aliphatic heterocycles. The van der Waals surface area contributed by atoms with Crippen molar-refractivity contribution in [3.63, 3.8) is 0 Å². The molecule has 1 atom stereocenters. The molecule has 2 aromatic rings. The van der Waals surface area contributed by atoms with Crippen LogP contribution in [0.25, 0.3) is 0 Å². The third-order valence-corrected chi connectivity index (χ3v) is 4.65. The van der Waals surface area contributed by atoms with Crippen LogP contribution in [0.5, 0.6) is 0 Å². The van der Waals surface area contributed by atoms with Crippen molar-refractivity contribution in [3.8, 4) is 0 Å². The minimum Gasteiger partial charge on any atom is -0.336 e. The van der Waals surface area contributed by atoms with E-state index in [-0.39, 0.29) is 18.0 Å². The maximum atomic E-state index is 12.8. The zero-order chi connectivity index (χ0) is 16.5. The second-order valence-corrected chi connectivity index (χ2v) is 6.10. The lowest BCUT2D eigenvalue weighted by Crippen LogP contribution is -2.53. The molecule has 1 unspecified atom stereocenters. The van der Waals surface area contributed by atoms with Crippen molar-refractivity contribution in [3.05, 3.63) is 49.1 Å². The summed E-state index contributed by atoms with van der Waals surface area (Å²) in [4.78, 5) is 34.6. The van der Waals surface area contributed by atoms with Gasteiger partial charge in [0.05, 0.1) is 12.0 Å². The summed E-state index contributed by atoms with van der Waals surface area (Å²) in [5, 5.41) is 0. The number of piperazine rings is 1. The first-order valence-electron chi connectivity index (χ1n) is 8.12. The number of hydrogen-bond acceptors (Lipinski definition) is 4. The fourth-order valence-corrected chi connectivity index (χ4v) is 3.35. The fourth-order valence-electron chi connectivity index (χ4n) is 3.35. The Morgan fingerprint density at radius 3 is 2.67 bits per heavy atom. The maximum Gasteiger partial charge on any atom is 0.332 e. The summed E-state index contributed by atoms with van der Waals surface area (Å²) < 4.78 is 2.02. The summed E-state index contributed by atoms with van der Waals surface area (Å²) in [6.07, 6.45) is 5.48. The lowest BCUT2D eigenvalue weighted by atomic mass is 10.2. The molecule has 1 aromatic carbocycles. The summed E-state index contributed by atoms with van der Waals surface area (Å²) >= 11 is 0. The van der Waals surface area contributed by atoms with E-state index in [2.05, 4.69) is 9.88 Å². The molecule has 0 saturated carbocycles. The van der Waals surface area contributed by atoms with Crippen LogP contribution in [-0.4, -0.2) is 63.5 Å². The second-order valence-electron chi connectivity index (χ2n) is 6.10. The van der Waals surface area contributed by atoms with Crippen molar-refractivity contribution in [2.45, 2.75) is 12.6 Å². The van der Waals surface area contributed by atoms with E-state index in [1.54, 1.807) is 29.6 Å². The van der Waals surface area contributed by atoms with Crippen molar-refractivity contribution < 1.29 is 9.59 Å². The van der Waals surface area contributed by atoms with E-state index in [9.17, 15) is 9.59 Å². The van der Waals surface area contributed by atoms with Crippen LogP contribution in [0, 0.1) is 0 Å². The van der Waals surface area contributed by atoms with Gasteiger partial charge in [0, 0.05) is 45.1 Å². The number of aromatic nitrogens is 2. The quantitative estimate of drug-likeness (QED) is 0.788. The highest BCUT2D eigenvalue weighted by atomic mass is 16.2. The van der Waals surface area contributed by atoms with Crippen molar-refractivity contribution in [2.75, 3.05) is 31.1 Å². The zero-order valence-corrected chi connectivity index (χ0v) is 13.3. The van der Waals surface area contributed by atoms with Crippen LogP contribution in [0.1, 0.15) is 0 Å². The molecule has 0 bridgehead atoms. The largest absolute Gasteiger partial charge is 0.336 e. The van der Waals surface area contributed by atoms with Gasteiger partial charge in [-0.3, -0.25) is 9.69 Å². The smallest absolute Gasteiger partial charge is 0.332 e. The SMILES string of the molecule is O=C1C2CN(CCn3ccnc3)CCN2C(=O)N1c1ccccc1. The fraction of sp³-hybridized carbons (Fsp3) is 0.353. The van der Waals surface area contributed by atoms with Crippen LogP contribution in [0.3, 0.4) is 0 Å². The van der Waals surface area contributed by atoms with Gasteiger partial charge in [-0.05, 0) is 12.1 Å². The van der Waals surface area contributed by atoms with Crippen LogP contribution in [-0.2, 0) is 11.3 Å². The number of imidazole rings is 1. The first kappa shape index (κ1) is 14.9. The highest BCUT2D eigenvalue weighted by molar-refractivity contribution is 6.21. The standard InChI is InChI=1S/C17H19N5O2/c23-16-15-12-19(8-9-20-7-6-18-13-20)10-11-21(15)17(24)22(16)14-4-2-1-3-5-14/h1-7,13,15H,8-12H2. The average molecular weight is 325 g/mol. The summed E-state index contributed by atoms with van der Waals surface area (Å²) in [6, 6.07) is 8.56. The monoisotopic (exact) mass is 325 g/mol. The van der Waals surface area contributed by atoms with E-state index in [0.717, 1.165) is 19.6 Å². The number of rotatable bonds is 4. The van der Waals surface area contributed by atoms with Gasteiger partial charge in [-0.25, -0.2) is 14.7 Å². The highest BCUT2D eigenvalue weighted by Crippen LogP contribution is 2.27. The molecule has 0 spiro atoms. The molecule has 7 heteroatoms. The van der Waals surface area contributed by atoms with Gasteiger partial charge in [0.15, 0.2) is 0 Å². The number of anilines is 1. The molecule has 4 rings (SSSR count). The van der Waals surface area contributed by atoms with Crippen LogP contribution in [0.15, 0.2) is 49.1 Å². The molecule has 3 heterocycles. The number of urea groups is 1. The molecule has 124 valence electrons. The Hall–Kier alpha value is -2.67. The van der Waals surface area contributed by atoms with Crippen molar-refractivity contribution in [2.24, 2.45) is 0 Å². The molecule has 3 amide bonds. The van der Waals surface area contributed by atoms with E-state index in [1.165, 1.54) is 4.90 Å². The minimum atomic E-state index is -0.380. The minimum absolute atomic E-state index is 0.126. The Labute approximate surface area is 140 Å². The van der Waals surface area contributed by atoms with E-state index in [1.807, 2.05) is 29.0 Å². The van der Waals surface area contributed by atoms with E-state index in [0.29, 0.717) is 18.8 Å². The first-order valence-corrected chi connectivity index (χ1v) is 8.12. The Bertz CT molecular complexity index is 731. The van der Waals surface area contributed by atoms with Crippen LogP contribution >= 0.6 is 0 Å². The zero-order valence-electron chi connectivity index (χ0n) is 13.3. The van der Waals surface area contributed by atoms with Gasteiger partial charge in [0.2, 0.25) is 0 Å². The number of para-hydroxylation sites is 1. The molecular weight excluding hydrogens is 306 g/mol. The number of carbonyl (C=O) groups is 2. The summed E-state index contributed by atoms with van der Waals surface area (Å²) in [7, 11) is 0. The molecule has 2 saturated heterocycles. The summed E-state index contributed by atoms with van der Waals surface area (Å²) in [5.74, 6) is -0.126. The van der Waals surface area contributed by atoms with Crippen molar-refractivity contribution >= 4 is 17.6 Å². The molecule has 2 aliphatic rings. The predicted molar refractivity (Wildman–Crippen MR) is 88.5 cm³/mol. The molecule has 0 N–H and O–H groups in total. The number of benzene rings is 1. The number of hydrogen-bond donors (Lipinski definition) is 0. The normalized spacial score (nSPS) is 21.4. The Kier molecular flexibility index (Phi) is 3.78. The first-order chi connectivity index (χ1) is 11.7. The van der Waals surface area contributed by atoms with Crippen molar-refractivity contribution in [1.82, 2.24) is 19.4 Å². The number of carbonyl (C=O) groups excluding carboxylic acids is 2. The van der Waals surface area contributed by atoms with Gasteiger partial charge in [-0.2, -0.15) is 0 Å². The molecule has 7 nitrogen and oxygen atoms in total. The Morgan fingerprint density at radius 2 is 1.92 bits per heavy atom. The highest BCUT2D eigenvalue weighted by Gasteiger charge is 2.48. The average Bonchev–Trinajstić information content (AvgIpc) is 3.21. The second kappa shape index (κ2) is 6.09. The molecule has 24 heavy (non-hydrogen) atoms. The Morgan fingerprint density at radius 1 is 1.08 bits per heavy atom. The molecule has 1 aromatic heterocycles. The Balaban J connectivity index is 1.46. The van der Waals surface area contributed by atoms with E-state index >= 15 is 0 Å². The maximum absolute atomic E-state index is 12.8. The number of imide groups is 1. The lowest BCUT2D eigenvalue weighted by molar-refractivity contribution is -0.121. The number of nitrogens with zero attached hydrogens (tertiary/aromatic N) is 5. The lowest BCUT2D eigenvalue weighted by Gasteiger charge is -2.35. The van der Waals surface area contributed by atoms with Gasteiger partial charge in [-0.1, -0.05) is 18.2 Å². The van der Waals surface area contributed by atoms with Crippen LogP contribution in [0.4, 0.5) is 10.5 Å². The van der Waals surface area contributed by atoms with Gasteiger partial charge < -0.3 is 9.47 Å². The van der Waals surface area contributed by atoms with Gasteiger partial charge in [-0.15, -0.1) is 0 Å². The van der Waals surface area contributed by atoms with Crippen LogP contribution < -0.4 is 4.90 Å². The van der Waals surface area contributed by atoms with Gasteiger partial charge >= 0.3 is 6.03 Å². The van der Waals surface area contributed by atoms with Gasteiger partial charge in [0.1, 0.15) is 6.04 Å². The van der Waals surface area contributed by atoms with Crippen molar-refractivity contribution in [1.29, 1.82) is 0 Å². The summed E-state index contributed by atoms with van der Waals surface area (Å²) in [6.45, 7) is 3.63. The number of amides is 3. The summed E-state index contributed by atoms with van der Waals surface area (Å²) in [5.41, 5.74) is 0.645. The number of fused-ring (bicyclic) bond motifs is 1. The predicted octanol–water partition coefficient (Wildman–Crippen LogP) is 1.04. The molecule has 0 radical (unpaired) electrons. The topological polar surface area (TPSA) is 61.7 Å². The van der Waals surface area contributed by atoms with Crippen LogP contribution in [0.2, 0.25) is 0 Å². The van der Waals surface area contributed by atoms with E-state index < -0.39 is 0 Å². The molecule has 2 fully saturated rings. The third kappa shape index (κ3) is 2.56. The van der Waals surface area contributed by atoms with Gasteiger partial charge in [0.25, 0.3) is 5.91 Å². The molecular formula is C17H19N5O2.